The fourth-order valence-electron chi connectivity index (χ4n) is 1.47. The predicted molar refractivity (Wildman–Crippen MR) is 61.5 cm³/mol. The Bertz CT molecular complexity index is 489. The van der Waals surface area contributed by atoms with Crippen LogP contribution in [0.3, 0.4) is 0 Å². The van der Waals surface area contributed by atoms with Gasteiger partial charge >= 0.3 is 0 Å². The monoisotopic (exact) mass is 245 g/mol. The molecule has 0 aliphatic carbocycles. The Morgan fingerprint density at radius 3 is 2.38 bits per heavy atom. The molecule has 0 spiro atoms. The van der Waals surface area contributed by atoms with Gasteiger partial charge in [0.1, 0.15) is 10.7 Å². The highest BCUT2D eigenvalue weighted by Crippen LogP contribution is 2.20. The van der Waals surface area contributed by atoms with Gasteiger partial charge in [-0.25, -0.2) is 12.8 Å². The molecule has 90 valence electrons. The van der Waals surface area contributed by atoms with Gasteiger partial charge in [-0.15, -0.1) is 0 Å². The first-order valence-electron chi connectivity index (χ1n) is 4.87. The van der Waals surface area contributed by atoms with Crippen molar-refractivity contribution in [2.75, 3.05) is 6.26 Å². The molecule has 0 aliphatic rings. The van der Waals surface area contributed by atoms with Crippen molar-refractivity contribution in [3.05, 3.63) is 29.6 Å². The molecule has 2 N–H and O–H groups in total. The fourth-order valence-corrected chi connectivity index (χ4v) is 2.25. The summed E-state index contributed by atoms with van der Waals surface area (Å²) in [5.41, 5.74) is 5.54. The molecule has 0 amide bonds. The van der Waals surface area contributed by atoms with E-state index in [2.05, 4.69) is 0 Å². The van der Waals surface area contributed by atoms with E-state index in [0.717, 1.165) is 6.26 Å². The molecule has 0 atom stereocenters. The Hall–Kier alpha value is -0.940. The maximum absolute atomic E-state index is 13.9. The summed E-state index contributed by atoms with van der Waals surface area (Å²) < 4.78 is 36.5. The Balaban J connectivity index is 3.25. The number of sulfone groups is 1. The Morgan fingerprint density at radius 2 is 1.94 bits per heavy atom. The fraction of sp³-hybridized carbons (Fsp3) is 0.455. The molecule has 16 heavy (non-hydrogen) atoms. The Labute approximate surface area is 95.4 Å². The smallest absolute Gasteiger partial charge is 0.178 e. The van der Waals surface area contributed by atoms with Gasteiger partial charge in [0.2, 0.25) is 0 Å². The van der Waals surface area contributed by atoms with Gasteiger partial charge in [0.15, 0.2) is 9.84 Å². The SMILES string of the molecule is CC(C)(N)Cc1cccc(S(C)(=O)=O)c1F. The van der Waals surface area contributed by atoms with Crippen LogP contribution >= 0.6 is 0 Å². The van der Waals surface area contributed by atoms with Gasteiger partial charge in [-0.1, -0.05) is 12.1 Å². The lowest BCUT2D eigenvalue weighted by atomic mass is 9.96. The maximum atomic E-state index is 13.9. The standard InChI is InChI=1S/C11H16FNO2S/c1-11(2,13)7-8-5-4-6-9(10(8)12)16(3,14)15/h4-6H,7,13H2,1-3H3. The van der Waals surface area contributed by atoms with Crippen molar-refractivity contribution in [3.63, 3.8) is 0 Å². The van der Waals surface area contributed by atoms with Crippen LogP contribution in [0, 0.1) is 5.82 Å². The lowest BCUT2D eigenvalue weighted by Gasteiger charge is -2.19. The zero-order valence-corrected chi connectivity index (χ0v) is 10.4. The van der Waals surface area contributed by atoms with Crippen molar-refractivity contribution in [2.45, 2.75) is 30.7 Å². The molecule has 0 saturated heterocycles. The van der Waals surface area contributed by atoms with Crippen LogP contribution in [0.1, 0.15) is 19.4 Å². The van der Waals surface area contributed by atoms with Crippen molar-refractivity contribution in [1.29, 1.82) is 0 Å². The normalized spacial score (nSPS) is 12.8. The first-order chi connectivity index (χ1) is 7.11. The lowest BCUT2D eigenvalue weighted by molar-refractivity contribution is 0.489. The van der Waals surface area contributed by atoms with E-state index in [4.69, 9.17) is 5.73 Å². The number of halogens is 1. The number of hydrogen-bond acceptors (Lipinski definition) is 3. The summed E-state index contributed by atoms with van der Waals surface area (Å²) in [6.07, 6.45) is 1.28. The molecule has 1 aromatic rings. The second-order valence-electron chi connectivity index (χ2n) is 4.67. The molecule has 0 unspecified atom stereocenters. The van der Waals surface area contributed by atoms with Gasteiger partial charge in [0.05, 0.1) is 0 Å². The van der Waals surface area contributed by atoms with Crippen molar-refractivity contribution in [1.82, 2.24) is 0 Å². The van der Waals surface area contributed by atoms with Crippen LogP contribution in [0.5, 0.6) is 0 Å². The summed E-state index contributed by atoms with van der Waals surface area (Å²) in [7, 11) is -3.53. The van der Waals surface area contributed by atoms with Crippen LogP contribution in [0.25, 0.3) is 0 Å². The molecule has 0 bridgehead atoms. The third kappa shape index (κ3) is 3.28. The highest BCUT2D eigenvalue weighted by atomic mass is 32.2. The van der Waals surface area contributed by atoms with Crippen LogP contribution < -0.4 is 5.73 Å². The topological polar surface area (TPSA) is 60.2 Å². The molecule has 0 aromatic heterocycles. The second kappa shape index (κ2) is 4.14. The summed E-state index contributed by atoms with van der Waals surface area (Å²) >= 11 is 0. The molecule has 0 heterocycles. The van der Waals surface area contributed by atoms with E-state index < -0.39 is 21.2 Å². The molecule has 5 heteroatoms. The minimum Gasteiger partial charge on any atom is -0.325 e. The van der Waals surface area contributed by atoms with Crippen molar-refractivity contribution >= 4 is 9.84 Å². The van der Waals surface area contributed by atoms with E-state index >= 15 is 0 Å². The van der Waals surface area contributed by atoms with E-state index in [9.17, 15) is 12.8 Å². The number of nitrogens with two attached hydrogens (primary N) is 1. The van der Waals surface area contributed by atoms with Crippen LogP contribution in [-0.4, -0.2) is 20.2 Å². The zero-order valence-electron chi connectivity index (χ0n) is 9.62. The minimum absolute atomic E-state index is 0.269. The third-order valence-corrected chi connectivity index (χ3v) is 3.20. The number of rotatable bonds is 3. The van der Waals surface area contributed by atoms with Crippen LogP contribution in [0.15, 0.2) is 23.1 Å². The van der Waals surface area contributed by atoms with E-state index in [1.165, 1.54) is 12.1 Å². The summed E-state index contributed by atoms with van der Waals surface area (Å²) in [5, 5.41) is 0. The molecule has 0 radical (unpaired) electrons. The van der Waals surface area contributed by atoms with E-state index in [1.807, 2.05) is 0 Å². The van der Waals surface area contributed by atoms with Gasteiger partial charge in [-0.3, -0.25) is 0 Å². The summed E-state index contributed by atoms with van der Waals surface area (Å²) in [6.45, 7) is 3.53. The number of hydrogen-bond donors (Lipinski definition) is 1. The lowest BCUT2D eigenvalue weighted by Crippen LogP contribution is -2.34. The summed E-state index contributed by atoms with van der Waals surface area (Å²) in [5.74, 6) is -0.691. The van der Waals surface area contributed by atoms with Crippen LogP contribution in [-0.2, 0) is 16.3 Å². The Morgan fingerprint density at radius 1 is 1.38 bits per heavy atom. The number of benzene rings is 1. The van der Waals surface area contributed by atoms with Gasteiger partial charge in [0.25, 0.3) is 0 Å². The van der Waals surface area contributed by atoms with E-state index in [1.54, 1.807) is 19.9 Å². The highest BCUT2D eigenvalue weighted by molar-refractivity contribution is 7.90. The maximum Gasteiger partial charge on any atom is 0.178 e. The van der Waals surface area contributed by atoms with E-state index in [0.29, 0.717) is 12.0 Å². The first kappa shape index (κ1) is 13.1. The zero-order chi connectivity index (χ0) is 12.6. The molecular weight excluding hydrogens is 229 g/mol. The molecule has 0 aliphatic heterocycles. The third-order valence-electron chi connectivity index (χ3n) is 2.09. The van der Waals surface area contributed by atoms with Gasteiger partial charge in [-0.05, 0) is 31.9 Å². The van der Waals surface area contributed by atoms with Gasteiger partial charge < -0.3 is 5.73 Å². The average Bonchev–Trinajstić information content (AvgIpc) is 2.04. The van der Waals surface area contributed by atoms with E-state index in [-0.39, 0.29) is 4.90 Å². The minimum atomic E-state index is -3.53. The quantitative estimate of drug-likeness (QED) is 0.878. The molecular formula is C11H16FNO2S. The first-order valence-corrected chi connectivity index (χ1v) is 6.77. The molecule has 0 saturated carbocycles. The highest BCUT2D eigenvalue weighted by Gasteiger charge is 2.20. The largest absolute Gasteiger partial charge is 0.325 e. The van der Waals surface area contributed by atoms with Crippen LogP contribution in [0.2, 0.25) is 0 Å². The van der Waals surface area contributed by atoms with Crippen molar-refractivity contribution in [3.8, 4) is 0 Å². The molecule has 1 rings (SSSR count). The Kier molecular flexibility index (Phi) is 3.40. The van der Waals surface area contributed by atoms with Crippen molar-refractivity contribution in [2.24, 2.45) is 5.73 Å². The summed E-state index contributed by atoms with van der Waals surface area (Å²) in [4.78, 5) is -0.269. The average molecular weight is 245 g/mol. The second-order valence-corrected chi connectivity index (χ2v) is 6.65. The summed E-state index contributed by atoms with van der Waals surface area (Å²) in [6, 6.07) is 4.34. The molecule has 0 fully saturated rings. The predicted octanol–water partition coefficient (Wildman–Crippen LogP) is 1.51. The van der Waals surface area contributed by atoms with Crippen molar-refractivity contribution < 1.29 is 12.8 Å². The molecule has 1 aromatic carbocycles. The van der Waals surface area contributed by atoms with Crippen LogP contribution in [0.4, 0.5) is 4.39 Å². The molecule has 3 nitrogen and oxygen atoms in total. The van der Waals surface area contributed by atoms with Gasteiger partial charge in [0, 0.05) is 11.8 Å². The van der Waals surface area contributed by atoms with Gasteiger partial charge in [-0.2, -0.15) is 0 Å².